The van der Waals surface area contributed by atoms with Crippen LogP contribution in [0.1, 0.15) is 29.7 Å². The second-order valence-electron chi connectivity index (χ2n) is 4.99. The highest BCUT2D eigenvalue weighted by atomic mass is 32.2. The third-order valence-corrected chi connectivity index (χ3v) is 4.68. The van der Waals surface area contributed by atoms with Crippen molar-refractivity contribution in [2.75, 3.05) is 0 Å². The zero-order chi connectivity index (χ0) is 15.6. The Morgan fingerprint density at radius 1 is 1.24 bits per heavy atom. The van der Waals surface area contributed by atoms with E-state index in [0.29, 0.717) is 0 Å². The molecule has 1 heterocycles. The number of aromatic nitrogens is 1. The standard InChI is InChI=1S/C15H17FN2O2S/c1-10-6-7-13(11(2)9-10)12(3)18-21(19,20)15-14(16)5-4-8-17-15/h4-9,12,18H,1-3H3. The van der Waals surface area contributed by atoms with Gasteiger partial charge in [0.25, 0.3) is 10.0 Å². The lowest BCUT2D eigenvalue weighted by molar-refractivity contribution is 0.535. The van der Waals surface area contributed by atoms with E-state index in [0.717, 1.165) is 22.8 Å². The molecule has 0 bridgehead atoms. The van der Waals surface area contributed by atoms with Crippen LogP contribution in [0, 0.1) is 19.7 Å². The van der Waals surface area contributed by atoms with Crippen LogP contribution in [0.2, 0.25) is 0 Å². The van der Waals surface area contributed by atoms with Gasteiger partial charge < -0.3 is 0 Å². The van der Waals surface area contributed by atoms with E-state index in [1.807, 2.05) is 32.0 Å². The third kappa shape index (κ3) is 3.46. The first-order valence-electron chi connectivity index (χ1n) is 6.51. The molecule has 112 valence electrons. The Hall–Kier alpha value is -1.79. The fourth-order valence-electron chi connectivity index (χ4n) is 2.23. The number of hydrogen-bond donors (Lipinski definition) is 1. The van der Waals surface area contributed by atoms with Crippen LogP contribution >= 0.6 is 0 Å². The number of nitrogens with one attached hydrogen (secondary N) is 1. The molecule has 1 N–H and O–H groups in total. The van der Waals surface area contributed by atoms with Crippen LogP contribution in [0.15, 0.2) is 41.6 Å². The summed E-state index contributed by atoms with van der Waals surface area (Å²) in [5.41, 5.74) is 2.93. The topological polar surface area (TPSA) is 59.1 Å². The van der Waals surface area contributed by atoms with E-state index >= 15 is 0 Å². The monoisotopic (exact) mass is 308 g/mol. The van der Waals surface area contributed by atoms with Crippen LogP contribution < -0.4 is 4.72 Å². The van der Waals surface area contributed by atoms with Gasteiger partial charge in [-0.3, -0.25) is 0 Å². The number of sulfonamides is 1. The Bertz CT molecular complexity index is 760. The van der Waals surface area contributed by atoms with Crippen molar-refractivity contribution in [3.63, 3.8) is 0 Å². The molecule has 0 aliphatic heterocycles. The molecule has 21 heavy (non-hydrogen) atoms. The maximum absolute atomic E-state index is 13.6. The average Bonchev–Trinajstić information content (AvgIpc) is 2.38. The van der Waals surface area contributed by atoms with E-state index in [-0.39, 0.29) is 0 Å². The summed E-state index contributed by atoms with van der Waals surface area (Å²) >= 11 is 0. The van der Waals surface area contributed by atoms with E-state index in [2.05, 4.69) is 9.71 Å². The van der Waals surface area contributed by atoms with Crippen LogP contribution in [-0.4, -0.2) is 13.4 Å². The van der Waals surface area contributed by atoms with Crippen molar-refractivity contribution in [2.45, 2.75) is 31.8 Å². The van der Waals surface area contributed by atoms with Gasteiger partial charge in [0, 0.05) is 12.2 Å². The first-order chi connectivity index (χ1) is 9.81. The van der Waals surface area contributed by atoms with Crippen LogP contribution in [0.3, 0.4) is 0 Å². The SMILES string of the molecule is Cc1ccc(C(C)NS(=O)(=O)c2ncccc2F)c(C)c1. The van der Waals surface area contributed by atoms with E-state index in [9.17, 15) is 12.8 Å². The van der Waals surface area contributed by atoms with Gasteiger partial charge in [-0.2, -0.15) is 0 Å². The van der Waals surface area contributed by atoms with E-state index < -0.39 is 26.9 Å². The van der Waals surface area contributed by atoms with E-state index in [4.69, 9.17) is 0 Å². The molecule has 6 heteroatoms. The molecule has 1 atom stereocenters. The molecule has 0 radical (unpaired) electrons. The summed E-state index contributed by atoms with van der Waals surface area (Å²) in [6.07, 6.45) is 1.25. The lowest BCUT2D eigenvalue weighted by Crippen LogP contribution is -2.28. The molecule has 2 rings (SSSR count). The third-order valence-electron chi connectivity index (χ3n) is 3.20. The number of nitrogens with zero attached hydrogens (tertiary/aromatic N) is 1. The van der Waals surface area contributed by atoms with Crippen LogP contribution in [0.5, 0.6) is 0 Å². The zero-order valence-electron chi connectivity index (χ0n) is 12.1. The molecule has 0 fully saturated rings. The van der Waals surface area contributed by atoms with Crippen LogP contribution in [-0.2, 0) is 10.0 Å². The molecule has 0 aliphatic rings. The summed E-state index contributed by atoms with van der Waals surface area (Å²) in [6, 6.07) is 7.70. The molecule has 4 nitrogen and oxygen atoms in total. The minimum Gasteiger partial charge on any atom is -0.241 e. The van der Waals surface area contributed by atoms with Crippen molar-refractivity contribution in [1.29, 1.82) is 0 Å². The predicted octanol–water partition coefficient (Wildman–Crippen LogP) is 2.88. The number of hydrogen-bond acceptors (Lipinski definition) is 3. The van der Waals surface area contributed by atoms with Crippen molar-refractivity contribution in [2.24, 2.45) is 0 Å². The molecule has 0 spiro atoms. The smallest absolute Gasteiger partial charge is 0.241 e. The molecular formula is C15H17FN2O2S. The van der Waals surface area contributed by atoms with Crippen molar-refractivity contribution in [3.05, 3.63) is 59.0 Å². The molecule has 2 aromatic rings. The van der Waals surface area contributed by atoms with Gasteiger partial charge in [0.05, 0.1) is 0 Å². The molecule has 1 aromatic heterocycles. The summed E-state index contributed by atoms with van der Waals surface area (Å²) in [6.45, 7) is 5.60. The summed E-state index contributed by atoms with van der Waals surface area (Å²) < 4.78 is 40.5. The predicted molar refractivity (Wildman–Crippen MR) is 78.8 cm³/mol. The fraction of sp³-hybridized carbons (Fsp3) is 0.267. The molecule has 1 aromatic carbocycles. The summed E-state index contributed by atoms with van der Waals surface area (Å²) in [7, 11) is -4.00. The van der Waals surface area contributed by atoms with Gasteiger partial charge in [-0.25, -0.2) is 22.5 Å². The van der Waals surface area contributed by atoms with Gasteiger partial charge >= 0.3 is 0 Å². The minimum atomic E-state index is -4.00. The zero-order valence-corrected chi connectivity index (χ0v) is 12.9. The van der Waals surface area contributed by atoms with Crippen molar-refractivity contribution in [1.82, 2.24) is 9.71 Å². The normalized spacial score (nSPS) is 13.1. The average molecular weight is 308 g/mol. The molecule has 1 unspecified atom stereocenters. The number of pyridine rings is 1. The minimum absolute atomic E-state index is 0.475. The molecule has 0 saturated heterocycles. The molecule has 0 aliphatic carbocycles. The molecular weight excluding hydrogens is 291 g/mol. The second-order valence-corrected chi connectivity index (χ2v) is 6.62. The quantitative estimate of drug-likeness (QED) is 0.945. The van der Waals surface area contributed by atoms with E-state index in [1.165, 1.54) is 12.3 Å². The van der Waals surface area contributed by atoms with Gasteiger partial charge in [0.2, 0.25) is 5.03 Å². The summed E-state index contributed by atoms with van der Waals surface area (Å²) in [4.78, 5) is 3.61. The van der Waals surface area contributed by atoms with Gasteiger partial charge in [0.15, 0.2) is 5.82 Å². The van der Waals surface area contributed by atoms with Crippen LogP contribution in [0.4, 0.5) is 4.39 Å². The maximum atomic E-state index is 13.6. The van der Waals surface area contributed by atoms with Gasteiger partial charge in [-0.1, -0.05) is 23.8 Å². The molecule has 0 amide bonds. The fourth-order valence-corrected chi connectivity index (χ4v) is 3.46. The Balaban J connectivity index is 2.30. The lowest BCUT2D eigenvalue weighted by atomic mass is 10.0. The lowest BCUT2D eigenvalue weighted by Gasteiger charge is -2.17. The molecule has 0 saturated carbocycles. The Morgan fingerprint density at radius 3 is 2.57 bits per heavy atom. The number of benzene rings is 1. The number of aryl methyl sites for hydroxylation is 2. The first-order valence-corrected chi connectivity index (χ1v) is 7.99. The Labute approximate surface area is 124 Å². The summed E-state index contributed by atoms with van der Waals surface area (Å²) in [5, 5.41) is -0.582. The van der Waals surface area contributed by atoms with Gasteiger partial charge in [-0.15, -0.1) is 0 Å². The number of halogens is 1. The van der Waals surface area contributed by atoms with Crippen molar-refractivity contribution in [3.8, 4) is 0 Å². The highest BCUT2D eigenvalue weighted by Crippen LogP contribution is 2.21. The van der Waals surface area contributed by atoms with E-state index in [1.54, 1.807) is 6.92 Å². The highest BCUT2D eigenvalue weighted by molar-refractivity contribution is 7.89. The second kappa shape index (κ2) is 5.91. The van der Waals surface area contributed by atoms with Crippen LogP contribution in [0.25, 0.3) is 0 Å². The number of rotatable bonds is 4. The summed E-state index contributed by atoms with van der Waals surface area (Å²) in [5.74, 6) is -0.863. The Morgan fingerprint density at radius 2 is 1.95 bits per heavy atom. The highest BCUT2D eigenvalue weighted by Gasteiger charge is 2.23. The van der Waals surface area contributed by atoms with Gasteiger partial charge in [0.1, 0.15) is 0 Å². The van der Waals surface area contributed by atoms with Crippen molar-refractivity contribution < 1.29 is 12.8 Å². The van der Waals surface area contributed by atoms with Crippen molar-refractivity contribution >= 4 is 10.0 Å². The maximum Gasteiger partial charge on any atom is 0.261 e. The van der Waals surface area contributed by atoms with Gasteiger partial charge in [-0.05, 0) is 44.0 Å². The first kappa shape index (κ1) is 15.6. The largest absolute Gasteiger partial charge is 0.261 e. The Kier molecular flexibility index (Phi) is 4.39.